The van der Waals surface area contributed by atoms with Crippen molar-refractivity contribution >= 4 is 5.96 Å². The first-order valence-electron chi connectivity index (χ1n) is 9.54. The third kappa shape index (κ3) is 6.50. The van der Waals surface area contributed by atoms with Gasteiger partial charge in [0.05, 0.1) is 6.61 Å². The molecule has 1 fully saturated rings. The largest absolute Gasteiger partial charge is 0.491 e. The molecule has 0 amide bonds. The van der Waals surface area contributed by atoms with E-state index in [4.69, 9.17) is 9.47 Å². The standard InChI is InChI=1S/C20H34N4O2/c1-5-24-9-8-17(15-24)13-22-20(21-3)23-14-18-7-6-16(2)12-19(18)26-11-10-25-4/h6-7,12,17H,5,8-11,13-15H2,1-4H3,(H2,21,22,23). The van der Waals surface area contributed by atoms with Crippen LogP contribution in [0.15, 0.2) is 23.2 Å². The van der Waals surface area contributed by atoms with Gasteiger partial charge in [0.15, 0.2) is 5.96 Å². The molecule has 2 rings (SSSR count). The molecule has 0 aromatic heterocycles. The number of aryl methyl sites for hydroxylation is 1. The van der Waals surface area contributed by atoms with Gasteiger partial charge in [-0.15, -0.1) is 0 Å². The molecule has 26 heavy (non-hydrogen) atoms. The van der Waals surface area contributed by atoms with Crippen molar-refractivity contribution in [3.63, 3.8) is 0 Å². The maximum Gasteiger partial charge on any atom is 0.191 e. The molecule has 2 N–H and O–H groups in total. The van der Waals surface area contributed by atoms with Crippen LogP contribution in [0, 0.1) is 12.8 Å². The molecular weight excluding hydrogens is 328 g/mol. The van der Waals surface area contributed by atoms with E-state index in [2.05, 4.69) is 52.6 Å². The summed E-state index contributed by atoms with van der Waals surface area (Å²) in [5.41, 5.74) is 2.30. The Balaban J connectivity index is 1.83. The van der Waals surface area contributed by atoms with E-state index in [-0.39, 0.29) is 0 Å². The summed E-state index contributed by atoms with van der Waals surface area (Å²) in [6, 6.07) is 6.28. The number of nitrogens with one attached hydrogen (secondary N) is 2. The summed E-state index contributed by atoms with van der Waals surface area (Å²) in [6.07, 6.45) is 1.26. The van der Waals surface area contributed by atoms with Crippen LogP contribution in [0.5, 0.6) is 5.75 Å². The topological polar surface area (TPSA) is 58.1 Å². The van der Waals surface area contributed by atoms with Crippen LogP contribution in [0.3, 0.4) is 0 Å². The average molecular weight is 363 g/mol. The van der Waals surface area contributed by atoms with Crippen LogP contribution < -0.4 is 15.4 Å². The first-order chi connectivity index (χ1) is 12.7. The zero-order valence-electron chi connectivity index (χ0n) is 16.7. The fraction of sp³-hybridized carbons (Fsp3) is 0.650. The molecule has 6 nitrogen and oxygen atoms in total. The first kappa shape index (κ1) is 20.5. The van der Waals surface area contributed by atoms with Crippen molar-refractivity contribution < 1.29 is 9.47 Å². The van der Waals surface area contributed by atoms with Gasteiger partial charge in [-0.25, -0.2) is 0 Å². The summed E-state index contributed by atoms with van der Waals surface area (Å²) in [5, 5.41) is 6.86. The predicted molar refractivity (Wildman–Crippen MR) is 107 cm³/mol. The zero-order chi connectivity index (χ0) is 18.8. The highest BCUT2D eigenvalue weighted by atomic mass is 16.5. The number of guanidine groups is 1. The van der Waals surface area contributed by atoms with Crippen LogP contribution in [-0.2, 0) is 11.3 Å². The summed E-state index contributed by atoms with van der Waals surface area (Å²) >= 11 is 0. The predicted octanol–water partition coefficient (Wildman–Crippen LogP) is 2.03. The number of ether oxygens (including phenoxy) is 2. The third-order valence-corrected chi connectivity index (χ3v) is 4.81. The van der Waals surface area contributed by atoms with Crippen LogP contribution in [0.25, 0.3) is 0 Å². The fourth-order valence-electron chi connectivity index (χ4n) is 3.18. The van der Waals surface area contributed by atoms with E-state index in [0.29, 0.717) is 25.7 Å². The van der Waals surface area contributed by atoms with Crippen molar-refractivity contribution in [2.24, 2.45) is 10.9 Å². The SMILES string of the molecule is CCN1CCC(CNC(=NC)NCc2ccc(C)cc2OCCOC)C1. The maximum atomic E-state index is 5.86. The average Bonchev–Trinajstić information content (AvgIpc) is 3.11. The molecule has 0 radical (unpaired) electrons. The Morgan fingerprint density at radius 1 is 1.31 bits per heavy atom. The number of likely N-dealkylation sites (tertiary alicyclic amines) is 1. The summed E-state index contributed by atoms with van der Waals surface area (Å²) < 4.78 is 10.9. The Morgan fingerprint density at radius 3 is 2.85 bits per heavy atom. The minimum absolute atomic E-state index is 0.551. The van der Waals surface area contributed by atoms with E-state index in [0.717, 1.165) is 30.4 Å². The molecule has 146 valence electrons. The van der Waals surface area contributed by atoms with Crippen LogP contribution >= 0.6 is 0 Å². The molecule has 1 unspecified atom stereocenters. The Morgan fingerprint density at radius 2 is 2.15 bits per heavy atom. The number of methoxy groups -OCH3 is 1. The molecule has 1 saturated heterocycles. The van der Waals surface area contributed by atoms with Crippen molar-refractivity contribution in [3.05, 3.63) is 29.3 Å². The third-order valence-electron chi connectivity index (χ3n) is 4.81. The molecule has 1 aliphatic rings. The molecule has 0 spiro atoms. The Bertz CT molecular complexity index is 577. The highest BCUT2D eigenvalue weighted by molar-refractivity contribution is 5.79. The normalized spacial score (nSPS) is 18.2. The number of aliphatic imine (C=N–C) groups is 1. The van der Waals surface area contributed by atoms with Gasteiger partial charge in [0, 0.05) is 39.4 Å². The first-order valence-corrected chi connectivity index (χ1v) is 9.54. The number of hydrogen-bond acceptors (Lipinski definition) is 4. The van der Waals surface area contributed by atoms with Crippen molar-refractivity contribution in [3.8, 4) is 5.75 Å². The van der Waals surface area contributed by atoms with Gasteiger partial charge >= 0.3 is 0 Å². The highest BCUT2D eigenvalue weighted by Gasteiger charge is 2.21. The second-order valence-electron chi connectivity index (χ2n) is 6.81. The molecule has 1 atom stereocenters. The van der Waals surface area contributed by atoms with Gasteiger partial charge in [-0.3, -0.25) is 4.99 Å². The lowest BCUT2D eigenvalue weighted by Gasteiger charge is -2.17. The van der Waals surface area contributed by atoms with Gasteiger partial charge in [0.2, 0.25) is 0 Å². The lowest BCUT2D eigenvalue weighted by atomic mass is 10.1. The van der Waals surface area contributed by atoms with Crippen LogP contribution in [0.1, 0.15) is 24.5 Å². The monoisotopic (exact) mass is 362 g/mol. The highest BCUT2D eigenvalue weighted by Crippen LogP contribution is 2.20. The Hall–Kier alpha value is -1.79. The van der Waals surface area contributed by atoms with Crippen molar-refractivity contribution in [1.82, 2.24) is 15.5 Å². The van der Waals surface area contributed by atoms with Gasteiger partial charge in [-0.1, -0.05) is 19.1 Å². The minimum atomic E-state index is 0.551. The summed E-state index contributed by atoms with van der Waals surface area (Å²) in [6.45, 7) is 10.6. The van der Waals surface area contributed by atoms with E-state index in [1.54, 1.807) is 7.11 Å². The van der Waals surface area contributed by atoms with Gasteiger partial charge in [0.25, 0.3) is 0 Å². The van der Waals surface area contributed by atoms with Gasteiger partial charge < -0.3 is 25.0 Å². The minimum Gasteiger partial charge on any atom is -0.491 e. The van der Waals surface area contributed by atoms with E-state index >= 15 is 0 Å². The van der Waals surface area contributed by atoms with Crippen LogP contribution in [0.4, 0.5) is 0 Å². The second-order valence-corrected chi connectivity index (χ2v) is 6.81. The van der Waals surface area contributed by atoms with E-state index in [1.807, 2.05) is 7.05 Å². The molecule has 0 bridgehead atoms. The number of benzene rings is 1. The van der Waals surface area contributed by atoms with E-state index < -0.39 is 0 Å². The van der Waals surface area contributed by atoms with Crippen LogP contribution in [0.2, 0.25) is 0 Å². The summed E-state index contributed by atoms with van der Waals surface area (Å²) in [4.78, 5) is 6.84. The molecule has 1 aromatic rings. The van der Waals surface area contributed by atoms with E-state index in [1.165, 1.54) is 25.1 Å². The Kier molecular flexibility index (Phi) is 8.71. The Labute approximate surface area is 158 Å². The molecule has 0 saturated carbocycles. The summed E-state index contributed by atoms with van der Waals surface area (Å²) in [5.74, 6) is 2.43. The fourth-order valence-corrected chi connectivity index (χ4v) is 3.18. The molecule has 6 heteroatoms. The summed E-state index contributed by atoms with van der Waals surface area (Å²) in [7, 11) is 3.50. The van der Waals surface area contributed by atoms with Crippen molar-refractivity contribution in [1.29, 1.82) is 0 Å². The zero-order valence-corrected chi connectivity index (χ0v) is 16.7. The molecule has 0 aliphatic carbocycles. The maximum absolute atomic E-state index is 5.86. The lowest BCUT2D eigenvalue weighted by molar-refractivity contribution is 0.145. The molecular formula is C20H34N4O2. The van der Waals surface area contributed by atoms with Crippen molar-refractivity contribution in [2.45, 2.75) is 26.8 Å². The lowest BCUT2D eigenvalue weighted by Crippen LogP contribution is -2.40. The number of hydrogen-bond donors (Lipinski definition) is 2. The quantitative estimate of drug-likeness (QED) is 0.400. The molecule has 1 heterocycles. The molecule has 1 aromatic carbocycles. The smallest absolute Gasteiger partial charge is 0.191 e. The number of rotatable bonds is 9. The van der Waals surface area contributed by atoms with Gasteiger partial charge in [0.1, 0.15) is 12.4 Å². The van der Waals surface area contributed by atoms with Crippen LogP contribution in [-0.4, -0.2) is 64.4 Å². The molecule has 1 aliphatic heterocycles. The van der Waals surface area contributed by atoms with E-state index in [9.17, 15) is 0 Å². The van der Waals surface area contributed by atoms with Gasteiger partial charge in [-0.2, -0.15) is 0 Å². The second kappa shape index (κ2) is 11.0. The van der Waals surface area contributed by atoms with Crippen molar-refractivity contribution in [2.75, 3.05) is 53.6 Å². The number of nitrogens with zero attached hydrogens (tertiary/aromatic N) is 2. The van der Waals surface area contributed by atoms with Gasteiger partial charge in [-0.05, 0) is 44.0 Å².